The quantitative estimate of drug-likeness (QED) is 0.621. The van der Waals surface area contributed by atoms with Gasteiger partial charge in [-0.3, -0.25) is 0 Å². The molecule has 0 atom stereocenters. The van der Waals surface area contributed by atoms with Gasteiger partial charge in [-0.25, -0.2) is 0 Å². The molecule has 0 aromatic heterocycles. The van der Waals surface area contributed by atoms with Crippen LogP contribution in [0, 0.1) is 24.2 Å². The molecular weight excluding hydrogens is 344 g/mol. The van der Waals surface area contributed by atoms with Crippen molar-refractivity contribution >= 4 is 5.71 Å². The number of benzene rings is 1. The Kier molecular flexibility index (Phi) is 10.5. The first-order valence-electron chi connectivity index (χ1n) is 11.2. The van der Waals surface area contributed by atoms with E-state index in [-0.39, 0.29) is 0 Å². The van der Waals surface area contributed by atoms with Crippen molar-refractivity contribution in [3.63, 3.8) is 0 Å². The molecule has 1 aromatic rings. The van der Waals surface area contributed by atoms with E-state index in [9.17, 15) is 0 Å². The molecule has 0 unspecified atom stereocenters. The third-order valence-electron chi connectivity index (χ3n) is 5.87. The standard InChI is InChI=1S/C18H32N2O.C7H8/c1-3-4-15(2)13-18(19)17-5-9-20(10-6-17)14-16-7-11-21-12-8-16;1-7-5-3-2-4-6-7/h13,16-17,19H,3-12,14H2,1-2H3;2-6H,1H3/b15-13-,19-18?;. The van der Waals surface area contributed by atoms with Crippen molar-refractivity contribution in [1.82, 2.24) is 4.90 Å². The molecule has 156 valence electrons. The van der Waals surface area contributed by atoms with Crippen molar-refractivity contribution < 1.29 is 4.74 Å². The minimum Gasteiger partial charge on any atom is -0.381 e. The van der Waals surface area contributed by atoms with E-state index < -0.39 is 0 Å². The Bertz CT molecular complexity index is 582. The van der Waals surface area contributed by atoms with Crippen LogP contribution in [-0.2, 0) is 4.74 Å². The topological polar surface area (TPSA) is 36.3 Å². The van der Waals surface area contributed by atoms with Gasteiger partial charge in [-0.05, 0) is 71.0 Å². The highest BCUT2D eigenvalue weighted by molar-refractivity contribution is 5.94. The number of hydrogen-bond acceptors (Lipinski definition) is 3. The van der Waals surface area contributed by atoms with E-state index in [2.05, 4.69) is 43.9 Å². The van der Waals surface area contributed by atoms with Crippen LogP contribution < -0.4 is 0 Å². The molecule has 3 nitrogen and oxygen atoms in total. The van der Waals surface area contributed by atoms with Gasteiger partial charge in [-0.1, -0.05) is 54.8 Å². The fourth-order valence-corrected chi connectivity index (χ4v) is 4.10. The Morgan fingerprint density at radius 1 is 1.11 bits per heavy atom. The molecule has 0 spiro atoms. The fraction of sp³-hybridized carbons (Fsp3) is 0.640. The molecule has 1 aromatic carbocycles. The molecule has 1 N–H and O–H groups in total. The Morgan fingerprint density at radius 3 is 2.29 bits per heavy atom. The Balaban J connectivity index is 0.000000336. The second kappa shape index (κ2) is 12.9. The van der Waals surface area contributed by atoms with Crippen LogP contribution in [0.3, 0.4) is 0 Å². The van der Waals surface area contributed by atoms with E-state index in [0.717, 1.165) is 44.1 Å². The monoisotopic (exact) mass is 384 g/mol. The zero-order valence-electron chi connectivity index (χ0n) is 18.3. The van der Waals surface area contributed by atoms with E-state index in [4.69, 9.17) is 10.1 Å². The van der Waals surface area contributed by atoms with Gasteiger partial charge in [0.1, 0.15) is 0 Å². The summed E-state index contributed by atoms with van der Waals surface area (Å²) in [5.74, 6) is 1.32. The van der Waals surface area contributed by atoms with Gasteiger partial charge in [0.25, 0.3) is 0 Å². The van der Waals surface area contributed by atoms with Gasteiger partial charge in [-0.2, -0.15) is 0 Å². The van der Waals surface area contributed by atoms with E-state index in [0.29, 0.717) is 5.92 Å². The van der Waals surface area contributed by atoms with Crippen molar-refractivity contribution in [2.45, 2.75) is 59.3 Å². The Labute approximate surface area is 172 Å². The molecule has 0 bridgehead atoms. The van der Waals surface area contributed by atoms with Crippen LogP contribution in [0.4, 0.5) is 0 Å². The SMILES string of the molecule is CCC/C(C)=C\C(=N)C1CCN(CC2CCOCC2)CC1.Cc1ccccc1. The van der Waals surface area contributed by atoms with E-state index >= 15 is 0 Å². The number of rotatable bonds is 6. The lowest BCUT2D eigenvalue weighted by molar-refractivity contribution is 0.0485. The number of likely N-dealkylation sites (tertiary alicyclic amines) is 1. The van der Waals surface area contributed by atoms with Crippen molar-refractivity contribution in [2.75, 3.05) is 32.8 Å². The predicted molar refractivity (Wildman–Crippen MR) is 120 cm³/mol. The summed E-state index contributed by atoms with van der Waals surface area (Å²) in [6.45, 7) is 11.9. The smallest absolute Gasteiger partial charge is 0.0469 e. The molecule has 0 aliphatic carbocycles. The number of piperidine rings is 1. The molecule has 2 aliphatic heterocycles. The Hall–Kier alpha value is -1.45. The fourth-order valence-electron chi connectivity index (χ4n) is 4.10. The maximum Gasteiger partial charge on any atom is 0.0469 e. The van der Waals surface area contributed by atoms with Crippen LogP contribution in [0.15, 0.2) is 42.0 Å². The van der Waals surface area contributed by atoms with Crippen LogP contribution in [0.2, 0.25) is 0 Å². The van der Waals surface area contributed by atoms with Gasteiger partial charge >= 0.3 is 0 Å². The first kappa shape index (κ1) is 22.8. The van der Waals surface area contributed by atoms with Crippen LogP contribution in [0.25, 0.3) is 0 Å². The highest BCUT2D eigenvalue weighted by atomic mass is 16.5. The zero-order chi connectivity index (χ0) is 20.2. The molecule has 2 heterocycles. The molecule has 3 heteroatoms. The lowest BCUT2D eigenvalue weighted by atomic mass is 9.89. The number of nitrogens with one attached hydrogen (secondary N) is 1. The molecule has 0 radical (unpaired) electrons. The van der Waals surface area contributed by atoms with Gasteiger partial charge in [0, 0.05) is 31.4 Å². The molecule has 2 aliphatic rings. The van der Waals surface area contributed by atoms with Crippen molar-refractivity contribution in [1.29, 1.82) is 5.41 Å². The summed E-state index contributed by atoms with van der Waals surface area (Å²) in [5.41, 5.74) is 3.56. The van der Waals surface area contributed by atoms with E-state index in [1.54, 1.807) is 0 Å². The molecule has 0 saturated carbocycles. The normalized spacial score (nSPS) is 19.8. The highest BCUT2D eigenvalue weighted by Crippen LogP contribution is 2.23. The van der Waals surface area contributed by atoms with Gasteiger partial charge in [0.2, 0.25) is 0 Å². The number of hydrogen-bond donors (Lipinski definition) is 1. The maximum absolute atomic E-state index is 8.30. The third-order valence-corrected chi connectivity index (χ3v) is 5.87. The minimum absolute atomic E-state index is 0.489. The summed E-state index contributed by atoms with van der Waals surface area (Å²) in [7, 11) is 0. The third kappa shape index (κ3) is 8.70. The van der Waals surface area contributed by atoms with Crippen LogP contribution in [0.1, 0.15) is 57.9 Å². The van der Waals surface area contributed by atoms with Crippen molar-refractivity contribution in [3.05, 3.63) is 47.5 Å². The van der Waals surface area contributed by atoms with Gasteiger partial charge < -0.3 is 15.0 Å². The van der Waals surface area contributed by atoms with Gasteiger partial charge in [0.15, 0.2) is 0 Å². The van der Waals surface area contributed by atoms with Gasteiger partial charge in [-0.15, -0.1) is 0 Å². The summed E-state index contributed by atoms with van der Waals surface area (Å²) in [4.78, 5) is 2.61. The summed E-state index contributed by atoms with van der Waals surface area (Å²) in [6, 6.07) is 10.3. The lowest BCUT2D eigenvalue weighted by Gasteiger charge is -2.35. The molecule has 2 fully saturated rings. The number of aryl methyl sites for hydroxylation is 1. The predicted octanol–water partition coefficient (Wildman–Crippen LogP) is 5.89. The van der Waals surface area contributed by atoms with Crippen LogP contribution in [-0.4, -0.2) is 43.5 Å². The summed E-state index contributed by atoms with van der Waals surface area (Å²) < 4.78 is 5.44. The first-order chi connectivity index (χ1) is 13.6. The Morgan fingerprint density at radius 2 is 1.75 bits per heavy atom. The minimum atomic E-state index is 0.489. The second-order valence-electron chi connectivity index (χ2n) is 8.48. The summed E-state index contributed by atoms with van der Waals surface area (Å²) in [5, 5.41) is 8.30. The summed E-state index contributed by atoms with van der Waals surface area (Å²) >= 11 is 0. The maximum atomic E-state index is 8.30. The second-order valence-corrected chi connectivity index (χ2v) is 8.48. The largest absolute Gasteiger partial charge is 0.381 e. The molecule has 3 rings (SSSR count). The van der Waals surface area contributed by atoms with Crippen LogP contribution >= 0.6 is 0 Å². The molecular formula is C25H40N2O. The van der Waals surface area contributed by atoms with Crippen molar-refractivity contribution in [2.24, 2.45) is 11.8 Å². The van der Waals surface area contributed by atoms with Gasteiger partial charge in [0.05, 0.1) is 0 Å². The highest BCUT2D eigenvalue weighted by Gasteiger charge is 2.24. The first-order valence-corrected chi connectivity index (χ1v) is 11.2. The van der Waals surface area contributed by atoms with E-state index in [1.807, 2.05) is 18.2 Å². The average Bonchev–Trinajstić information content (AvgIpc) is 2.70. The lowest BCUT2D eigenvalue weighted by Crippen LogP contribution is -2.39. The molecule has 2 saturated heterocycles. The number of allylic oxidation sites excluding steroid dienone is 2. The average molecular weight is 385 g/mol. The molecule has 28 heavy (non-hydrogen) atoms. The number of ether oxygens (including phenoxy) is 1. The summed E-state index contributed by atoms with van der Waals surface area (Å²) in [6.07, 6.45) is 9.23. The zero-order valence-corrected chi connectivity index (χ0v) is 18.3. The molecule has 0 amide bonds. The van der Waals surface area contributed by atoms with Crippen molar-refractivity contribution in [3.8, 4) is 0 Å². The van der Waals surface area contributed by atoms with E-state index in [1.165, 1.54) is 50.0 Å². The van der Waals surface area contributed by atoms with Crippen LogP contribution in [0.5, 0.6) is 0 Å². The number of nitrogens with zero attached hydrogens (tertiary/aromatic N) is 1.